The number of likely N-dealkylation sites (tertiary alicyclic amines) is 1. The van der Waals surface area contributed by atoms with Crippen molar-refractivity contribution in [1.29, 1.82) is 0 Å². The summed E-state index contributed by atoms with van der Waals surface area (Å²) in [6, 6.07) is 0.310. The van der Waals surface area contributed by atoms with E-state index in [1.54, 1.807) is 0 Å². The zero-order valence-electron chi connectivity index (χ0n) is 15.0. The van der Waals surface area contributed by atoms with Crippen molar-refractivity contribution in [2.45, 2.75) is 58.9 Å². The third-order valence-electron chi connectivity index (χ3n) is 5.05. The first-order valence-corrected chi connectivity index (χ1v) is 8.69. The summed E-state index contributed by atoms with van der Waals surface area (Å²) in [6.07, 6.45) is 6.29. The van der Waals surface area contributed by atoms with E-state index < -0.39 is 0 Å². The van der Waals surface area contributed by atoms with E-state index in [1.165, 1.54) is 25.7 Å². The lowest BCUT2D eigenvalue weighted by Crippen LogP contribution is -2.47. The highest BCUT2D eigenvalue weighted by molar-refractivity contribution is 14.0. The van der Waals surface area contributed by atoms with Crippen LogP contribution in [0.15, 0.2) is 4.99 Å². The summed E-state index contributed by atoms with van der Waals surface area (Å²) in [5.41, 5.74) is 0.410. The van der Waals surface area contributed by atoms with Gasteiger partial charge in [0.05, 0.1) is 0 Å². The zero-order chi connectivity index (χ0) is 16.2. The first kappa shape index (κ1) is 20.5. The molecule has 2 N–H and O–H groups in total. The van der Waals surface area contributed by atoms with E-state index in [2.05, 4.69) is 22.5 Å². The van der Waals surface area contributed by atoms with Gasteiger partial charge in [-0.15, -0.1) is 24.0 Å². The second kappa shape index (κ2) is 9.08. The second-order valence-corrected chi connectivity index (χ2v) is 7.51. The molecule has 0 aromatic heterocycles. The van der Waals surface area contributed by atoms with Crippen molar-refractivity contribution in [3.05, 3.63) is 0 Å². The van der Waals surface area contributed by atoms with Crippen molar-refractivity contribution in [1.82, 2.24) is 15.5 Å². The van der Waals surface area contributed by atoms with Crippen LogP contribution in [0, 0.1) is 11.3 Å². The highest BCUT2D eigenvalue weighted by Gasteiger charge is 2.30. The molecule has 1 amide bonds. The van der Waals surface area contributed by atoms with Gasteiger partial charge in [-0.2, -0.15) is 0 Å². The number of nitrogens with zero attached hydrogens (tertiary/aromatic N) is 2. The molecule has 1 heterocycles. The smallest absolute Gasteiger partial charge is 0.225 e. The Morgan fingerprint density at radius 1 is 1.35 bits per heavy atom. The molecule has 134 valence electrons. The van der Waals surface area contributed by atoms with Crippen LogP contribution < -0.4 is 10.6 Å². The standard InChI is InChI=1S/C17H32N4O.HI/c1-13(2)15(22)21-10-7-14(11-21)20-16(18-4)19-12-17(3)8-5-6-9-17;/h13-14H,5-12H2,1-4H3,(H2,18,19,20);1H. The molecule has 5 nitrogen and oxygen atoms in total. The Bertz CT molecular complexity index is 419. The Kier molecular flexibility index (Phi) is 8.10. The molecule has 2 aliphatic rings. The van der Waals surface area contributed by atoms with Crippen molar-refractivity contribution < 1.29 is 4.79 Å². The summed E-state index contributed by atoms with van der Waals surface area (Å²) in [5.74, 6) is 1.21. The van der Waals surface area contributed by atoms with Gasteiger partial charge in [0.15, 0.2) is 5.96 Å². The molecule has 1 aliphatic heterocycles. The predicted octanol–water partition coefficient (Wildman–Crippen LogP) is 2.61. The lowest BCUT2D eigenvalue weighted by Gasteiger charge is -2.26. The molecule has 23 heavy (non-hydrogen) atoms. The maximum atomic E-state index is 12.0. The first-order chi connectivity index (χ1) is 10.4. The summed E-state index contributed by atoms with van der Waals surface area (Å²) in [6.45, 7) is 8.91. The molecule has 0 spiro atoms. The Balaban J connectivity index is 0.00000264. The lowest BCUT2D eigenvalue weighted by atomic mass is 9.89. The van der Waals surface area contributed by atoms with E-state index in [4.69, 9.17) is 0 Å². The number of hydrogen-bond acceptors (Lipinski definition) is 2. The van der Waals surface area contributed by atoms with Crippen LogP contribution in [-0.4, -0.2) is 49.5 Å². The maximum Gasteiger partial charge on any atom is 0.225 e. The number of aliphatic imine (C=N–C) groups is 1. The van der Waals surface area contributed by atoms with E-state index in [0.29, 0.717) is 11.5 Å². The SMILES string of the molecule is CN=C(NCC1(C)CCCC1)NC1CCN(C(=O)C(C)C)C1.I. The van der Waals surface area contributed by atoms with Crippen LogP contribution in [0.25, 0.3) is 0 Å². The molecular weight excluding hydrogens is 403 g/mol. The molecule has 1 unspecified atom stereocenters. The van der Waals surface area contributed by atoms with E-state index >= 15 is 0 Å². The van der Waals surface area contributed by atoms with Crippen molar-refractivity contribution >= 4 is 35.8 Å². The van der Waals surface area contributed by atoms with Crippen LogP contribution in [0.1, 0.15) is 52.9 Å². The molecule has 1 atom stereocenters. The number of guanidine groups is 1. The minimum absolute atomic E-state index is 0. The van der Waals surface area contributed by atoms with Crippen molar-refractivity contribution in [3.63, 3.8) is 0 Å². The van der Waals surface area contributed by atoms with Crippen LogP contribution in [0.5, 0.6) is 0 Å². The number of rotatable bonds is 4. The topological polar surface area (TPSA) is 56.7 Å². The Hall–Kier alpha value is -0.530. The van der Waals surface area contributed by atoms with Gasteiger partial charge in [-0.3, -0.25) is 9.79 Å². The largest absolute Gasteiger partial charge is 0.356 e. The van der Waals surface area contributed by atoms with E-state index in [0.717, 1.165) is 32.0 Å². The molecule has 0 radical (unpaired) electrons. The van der Waals surface area contributed by atoms with E-state index in [-0.39, 0.29) is 35.8 Å². The minimum atomic E-state index is 0. The quantitative estimate of drug-likeness (QED) is 0.405. The summed E-state index contributed by atoms with van der Waals surface area (Å²) < 4.78 is 0. The average Bonchev–Trinajstić information content (AvgIpc) is 3.12. The monoisotopic (exact) mass is 436 g/mol. The Morgan fingerprint density at radius 2 is 2.00 bits per heavy atom. The van der Waals surface area contributed by atoms with Gasteiger partial charge in [0.1, 0.15) is 0 Å². The molecule has 1 saturated carbocycles. The molecule has 2 fully saturated rings. The van der Waals surface area contributed by atoms with E-state index in [1.807, 2.05) is 25.8 Å². The Morgan fingerprint density at radius 3 is 2.57 bits per heavy atom. The third-order valence-corrected chi connectivity index (χ3v) is 5.05. The minimum Gasteiger partial charge on any atom is -0.356 e. The molecule has 1 aliphatic carbocycles. The predicted molar refractivity (Wildman–Crippen MR) is 106 cm³/mol. The fourth-order valence-electron chi connectivity index (χ4n) is 3.53. The van der Waals surface area contributed by atoms with Crippen LogP contribution in [0.2, 0.25) is 0 Å². The molecule has 2 rings (SSSR count). The fraction of sp³-hybridized carbons (Fsp3) is 0.882. The number of hydrogen-bond donors (Lipinski definition) is 2. The van der Waals surface area contributed by atoms with Gasteiger partial charge in [-0.25, -0.2) is 0 Å². The lowest BCUT2D eigenvalue weighted by molar-refractivity contribution is -0.133. The van der Waals surface area contributed by atoms with Gasteiger partial charge in [-0.1, -0.05) is 33.6 Å². The van der Waals surface area contributed by atoms with Crippen LogP contribution >= 0.6 is 24.0 Å². The molecule has 0 aromatic rings. The van der Waals surface area contributed by atoms with Gasteiger partial charge >= 0.3 is 0 Å². The number of carbonyl (C=O) groups is 1. The molecule has 0 bridgehead atoms. The molecule has 6 heteroatoms. The summed E-state index contributed by atoms with van der Waals surface area (Å²) >= 11 is 0. The van der Waals surface area contributed by atoms with Crippen LogP contribution in [0.4, 0.5) is 0 Å². The first-order valence-electron chi connectivity index (χ1n) is 8.69. The molecule has 1 saturated heterocycles. The fourth-order valence-corrected chi connectivity index (χ4v) is 3.53. The van der Waals surface area contributed by atoms with Gasteiger partial charge in [0.25, 0.3) is 0 Å². The van der Waals surface area contributed by atoms with Gasteiger partial charge in [-0.05, 0) is 24.7 Å². The average molecular weight is 436 g/mol. The van der Waals surface area contributed by atoms with E-state index in [9.17, 15) is 4.79 Å². The third kappa shape index (κ3) is 5.80. The van der Waals surface area contributed by atoms with Gasteiger partial charge in [0.2, 0.25) is 5.91 Å². The maximum absolute atomic E-state index is 12.0. The number of nitrogens with one attached hydrogen (secondary N) is 2. The zero-order valence-corrected chi connectivity index (χ0v) is 17.4. The van der Waals surface area contributed by atoms with Crippen molar-refractivity contribution in [2.24, 2.45) is 16.3 Å². The second-order valence-electron chi connectivity index (χ2n) is 7.51. The van der Waals surface area contributed by atoms with Gasteiger partial charge < -0.3 is 15.5 Å². The summed E-state index contributed by atoms with van der Waals surface area (Å²) in [7, 11) is 1.82. The van der Waals surface area contributed by atoms with Crippen molar-refractivity contribution in [3.8, 4) is 0 Å². The number of carbonyl (C=O) groups excluding carboxylic acids is 1. The highest BCUT2D eigenvalue weighted by atomic mass is 127. The number of amides is 1. The van der Waals surface area contributed by atoms with Crippen molar-refractivity contribution in [2.75, 3.05) is 26.7 Å². The van der Waals surface area contributed by atoms with Crippen LogP contribution in [0.3, 0.4) is 0 Å². The normalized spacial score (nSPS) is 23.8. The highest BCUT2D eigenvalue weighted by Crippen LogP contribution is 2.36. The van der Waals surface area contributed by atoms with Crippen LogP contribution in [-0.2, 0) is 4.79 Å². The number of halogens is 1. The molecule has 0 aromatic carbocycles. The Labute approximate surface area is 158 Å². The molecular formula is C17H33IN4O. The summed E-state index contributed by atoms with van der Waals surface area (Å²) in [4.78, 5) is 18.3. The van der Waals surface area contributed by atoms with Gasteiger partial charge in [0, 0.05) is 38.6 Å². The summed E-state index contributed by atoms with van der Waals surface area (Å²) in [5, 5.41) is 6.96.